The Morgan fingerprint density at radius 3 is 2.69 bits per heavy atom. The van der Waals surface area contributed by atoms with Crippen LogP contribution in [0.4, 0.5) is 0 Å². The Morgan fingerprint density at radius 1 is 1.46 bits per heavy atom. The van der Waals surface area contributed by atoms with Crippen molar-refractivity contribution in [2.24, 2.45) is 0 Å². The van der Waals surface area contributed by atoms with Crippen molar-refractivity contribution in [3.05, 3.63) is 32.6 Å². The molecule has 0 bridgehead atoms. The third-order valence-corrected chi connectivity index (χ3v) is 2.52. The number of thiazole rings is 1. The summed E-state index contributed by atoms with van der Waals surface area (Å²) in [6, 6.07) is 1.92. The van der Waals surface area contributed by atoms with Gasteiger partial charge < -0.3 is 9.40 Å². The largest absolute Gasteiger partial charge is 0.466 e. The first-order valence-corrected chi connectivity index (χ1v) is 4.80. The van der Waals surface area contributed by atoms with Crippen LogP contribution in [-0.4, -0.2) is 4.98 Å². The second kappa shape index (κ2) is 2.88. The van der Waals surface area contributed by atoms with Crippen LogP contribution in [0.15, 0.2) is 20.7 Å². The fraction of sp³-hybridized carbons (Fsp3) is 0.222. The highest BCUT2D eigenvalue weighted by Gasteiger charge is 2.08. The number of aryl methyl sites for hydroxylation is 2. The van der Waals surface area contributed by atoms with Crippen molar-refractivity contribution < 1.29 is 4.42 Å². The van der Waals surface area contributed by atoms with E-state index in [0.29, 0.717) is 0 Å². The van der Waals surface area contributed by atoms with Crippen molar-refractivity contribution in [3.63, 3.8) is 0 Å². The third kappa shape index (κ3) is 1.45. The van der Waals surface area contributed by atoms with Gasteiger partial charge in [0.2, 0.25) is 0 Å². The molecule has 0 radical (unpaired) electrons. The molecule has 0 unspecified atom stereocenters. The Labute approximate surface area is 79.0 Å². The molecule has 68 valence electrons. The molecule has 0 amide bonds. The molecule has 0 aliphatic carbocycles. The van der Waals surface area contributed by atoms with Gasteiger partial charge in [0.1, 0.15) is 11.5 Å². The fourth-order valence-electron chi connectivity index (χ4n) is 1.31. The van der Waals surface area contributed by atoms with Gasteiger partial charge in [0, 0.05) is 10.9 Å². The van der Waals surface area contributed by atoms with Crippen LogP contribution in [0.25, 0.3) is 11.3 Å². The summed E-state index contributed by atoms with van der Waals surface area (Å²) in [6.07, 6.45) is 0. The Kier molecular flexibility index (Phi) is 1.84. The zero-order chi connectivity index (χ0) is 9.42. The van der Waals surface area contributed by atoms with Gasteiger partial charge in [0.05, 0.1) is 5.69 Å². The quantitative estimate of drug-likeness (QED) is 0.759. The van der Waals surface area contributed by atoms with Crippen LogP contribution in [0.3, 0.4) is 0 Å². The van der Waals surface area contributed by atoms with Gasteiger partial charge in [-0.15, -0.1) is 0 Å². The average molecular weight is 195 g/mol. The smallest absolute Gasteiger partial charge is 0.304 e. The molecule has 2 aromatic rings. The molecular weight excluding hydrogens is 186 g/mol. The zero-order valence-corrected chi connectivity index (χ0v) is 8.20. The summed E-state index contributed by atoms with van der Waals surface area (Å²) in [6.45, 7) is 3.78. The van der Waals surface area contributed by atoms with Gasteiger partial charge >= 0.3 is 4.87 Å². The van der Waals surface area contributed by atoms with E-state index in [1.807, 2.05) is 19.9 Å². The second-order valence-corrected chi connectivity index (χ2v) is 3.73. The molecule has 0 spiro atoms. The van der Waals surface area contributed by atoms with Crippen LogP contribution in [-0.2, 0) is 0 Å². The molecule has 2 aromatic heterocycles. The molecule has 0 atom stereocenters. The summed E-state index contributed by atoms with van der Waals surface area (Å²) in [4.78, 5) is 13.6. The van der Waals surface area contributed by atoms with Crippen molar-refractivity contribution in [3.8, 4) is 11.3 Å². The number of aromatic amines is 1. The van der Waals surface area contributed by atoms with Gasteiger partial charge in [0.25, 0.3) is 0 Å². The topological polar surface area (TPSA) is 46.0 Å². The van der Waals surface area contributed by atoms with E-state index in [1.165, 1.54) is 0 Å². The fourth-order valence-corrected chi connectivity index (χ4v) is 1.89. The van der Waals surface area contributed by atoms with Crippen molar-refractivity contribution in [1.82, 2.24) is 4.98 Å². The lowest BCUT2D eigenvalue weighted by Gasteiger charge is -1.90. The van der Waals surface area contributed by atoms with Crippen molar-refractivity contribution in [2.45, 2.75) is 13.8 Å². The summed E-state index contributed by atoms with van der Waals surface area (Å²) in [5, 5.41) is 1.81. The summed E-state index contributed by atoms with van der Waals surface area (Å²) < 4.78 is 5.36. The lowest BCUT2D eigenvalue weighted by atomic mass is 10.2. The monoisotopic (exact) mass is 195 g/mol. The SMILES string of the molecule is Cc1cc(-c2csc(=O)[nH]2)c(C)o1. The van der Waals surface area contributed by atoms with Gasteiger partial charge in [-0.2, -0.15) is 0 Å². The average Bonchev–Trinajstić information content (AvgIpc) is 2.58. The minimum absolute atomic E-state index is 0.0340. The highest BCUT2D eigenvalue weighted by atomic mass is 32.1. The highest BCUT2D eigenvalue weighted by molar-refractivity contribution is 7.07. The molecule has 0 saturated carbocycles. The lowest BCUT2D eigenvalue weighted by Crippen LogP contribution is -1.92. The molecule has 0 aliphatic rings. The summed E-state index contributed by atoms with van der Waals surface area (Å²) in [7, 11) is 0. The maximum Gasteiger partial charge on any atom is 0.304 e. The van der Waals surface area contributed by atoms with Crippen molar-refractivity contribution in [2.75, 3.05) is 0 Å². The number of H-pyrrole nitrogens is 1. The van der Waals surface area contributed by atoms with Crippen LogP contribution in [0, 0.1) is 13.8 Å². The second-order valence-electron chi connectivity index (χ2n) is 2.89. The first-order chi connectivity index (χ1) is 6.16. The molecular formula is C9H9NO2S. The van der Waals surface area contributed by atoms with Crippen molar-refractivity contribution >= 4 is 11.3 Å². The maximum absolute atomic E-state index is 10.9. The minimum atomic E-state index is -0.0340. The van der Waals surface area contributed by atoms with Gasteiger partial charge in [-0.3, -0.25) is 4.79 Å². The molecule has 1 N–H and O–H groups in total. The van der Waals surface area contributed by atoms with E-state index in [0.717, 1.165) is 34.1 Å². The van der Waals surface area contributed by atoms with E-state index in [-0.39, 0.29) is 4.87 Å². The molecule has 0 aromatic carbocycles. The molecule has 2 rings (SSSR count). The molecule has 0 aliphatic heterocycles. The van der Waals surface area contributed by atoms with Gasteiger partial charge in [-0.1, -0.05) is 11.3 Å². The number of rotatable bonds is 1. The Bertz CT molecular complexity index is 478. The molecule has 0 fully saturated rings. The van der Waals surface area contributed by atoms with Crippen LogP contribution in [0.1, 0.15) is 11.5 Å². The minimum Gasteiger partial charge on any atom is -0.466 e. The molecule has 2 heterocycles. The molecule has 0 saturated heterocycles. The van der Waals surface area contributed by atoms with Crippen LogP contribution >= 0.6 is 11.3 Å². The van der Waals surface area contributed by atoms with E-state index >= 15 is 0 Å². The highest BCUT2D eigenvalue weighted by Crippen LogP contribution is 2.24. The maximum atomic E-state index is 10.9. The third-order valence-electron chi connectivity index (χ3n) is 1.85. The number of nitrogens with one attached hydrogen (secondary N) is 1. The van der Waals surface area contributed by atoms with E-state index in [2.05, 4.69) is 4.98 Å². The van der Waals surface area contributed by atoms with E-state index in [4.69, 9.17) is 4.42 Å². The van der Waals surface area contributed by atoms with Gasteiger partial charge in [-0.25, -0.2) is 0 Å². The lowest BCUT2D eigenvalue weighted by molar-refractivity contribution is 0.505. The number of aromatic nitrogens is 1. The Morgan fingerprint density at radius 2 is 2.23 bits per heavy atom. The summed E-state index contributed by atoms with van der Waals surface area (Å²) >= 11 is 1.16. The van der Waals surface area contributed by atoms with Crippen LogP contribution in [0.2, 0.25) is 0 Å². The molecule has 4 heteroatoms. The normalized spacial score (nSPS) is 10.6. The van der Waals surface area contributed by atoms with E-state index in [9.17, 15) is 4.79 Å². The Hall–Kier alpha value is -1.29. The number of hydrogen-bond acceptors (Lipinski definition) is 3. The predicted molar refractivity (Wildman–Crippen MR) is 52.1 cm³/mol. The van der Waals surface area contributed by atoms with Crippen molar-refractivity contribution in [1.29, 1.82) is 0 Å². The van der Waals surface area contributed by atoms with Gasteiger partial charge in [-0.05, 0) is 19.9 Å². The van der Waals surface area contributed by atoms with Gasteiger partial charge in [0.15, 0.2) is 0 Å². The Balaban J connectivity index is 2.57. The first-order valence-electron chi connectivity index (χ1n) is 3.92. The zero-order valence-electron chi connectivity index (χ0n) is 7.38. The first kappa shape index (κ1) is 8.31. The predicted octanol–water partition coefficient (Wildman–Crippen LogP) is 2.31. The summed E-state index contributed by atoms with van der Waals surface area (Å²) in [5.41, 5.74) is 1.81. The summed E-state index contributed by atoms with van der Waals surface area (Å²) in [5.74, 6) is 1.70. The van der Waals surface area contributed by atoms with Crippen LogP contribution in [0.5, 0.6) is 0 Å². The molecule has 3 nitrogen and oxygen atoms in total. The standard InChI is InChI=1S/C9H9NO2S/c1-5-3-7(6(2)12-5)8-4-13-9(11)10-8/h3-4H,1-2H3,(H,10,11). The van der Waals surface area contributed by atoms with E-state index in [1.54, 1.807) is 5.38 Å². The molecule has 13 heavy (non-hydrogen) atoms. The van der Waals surface area contributed by atoms with Crippen LogP contribution < -0.4 is 4.87 Å². The number of hydrogen-bond donors (Lipinski definition) is 1. The number of furan rings is 1. The van der Waals surface area contributed by atoms with E-state index < -0.39 is 0 Å².